The molecular formula is C31H30F6N4O3. The predicted octanol–water partition coefficient (Wildman–Crippen LogP) is 6.55. The molecule has 2 saturated heterocycles. The highest BCUT2D eigenvalue weighted by Crippen LogP contribution is 2.37. The van der Waals surface area contributed by atoms with Crippen LogP contribution in [-0.2, 0) is 12.4 Å². The number of carbonyl (C=O) groups excluding carboxylic acids is 2. The first kappa shape index (κ1) is 31.0. The lowest BCUT2D eigenvalue weighted by Crippen LogP contribution is -2.47. The molecule has 44 heavy (non-hydrogen) atoms. The van der Waals surface area contributed by atoms with Gasteiger partial charge < -0.3 is 24.8 Å². The molecule has 2 amide bonds. The van der Waals surface area contributed by atoms with Crippen LogP contribution >= 0.6 is 0 Å². The molecule has 0 saturated carbocycles. The molecule has 0 bridgehead atoms. The third kappa shape index (κ3) is 6.71. The zero-order chi connectivity index (χ0) is 31.6. The largest absolute Gasteiger partial charge is 0.495 e. The number of likely N-dealkylation sites (tertiary alicyclic amines) is 1. The Labute approximate surface area is 250 Å². The lowest BCUT2D eigenvalue weighted by atomic mass is 10.0. The Hall–Kier alpha value is -4.42. The Morgan fingerprint density at radius 1 is 0.727 bits per heavy atom. The van der Waals surface area contributed by atoms with Crippen LogP contribution in [0.25, 0.3) is 0 Å². The van der Waals surface area contributed by atoms with Crippen LogP contribution in [-0.4, -0.2) is 63.1 Å². The molecule has 5 rings (SSSR count). The molecule has 234 valence electrons. The molecule has 3 aromatic carbocycles. The first-order valence-corrected chi connectivity index (χ1v) is 14.0. The Balaban J connectivity index is 1.41. The number of rotatable bonds is 6. The number of ether oxygens (including phenoxy) is 1. The fourth-order valence-electron chi connectivity index (χ4n) is 5.52. The van der Waals surface area contributed by atoms with Gasteiger partial charge in [0, 0.05) is 56.2 Å². The first-order chi connectivity index (χ1) is 20.8. The highest BCUT2D eigenvalue weighted by molar-refractivity contribution is 6.06. The summed E-state index contributed by atoms with van der Waals surface area (Å²) >= 11 is 0. The molecule has 3 aromatic rings. The number of benzene rings is 3. The molecule has 0 atom stereocenters. The van der Waals surface area contributed by atoms with Crippen molar-refractivity contribution in [2.24, 2.45) is 0 Å². The number of methoxy groups -OCH3 is 1. The number of halogens is 6. The molecule has 7 nitrogen and oxygen atoms in total. The average Bonchev–Trinajstić information content (AvgIpc) is 3.55. The van der Waals surface area contributed by atoms with Gasteiger partial charge in [-0.3, -0.25) is 9.59 Å². The summed E-state index contributed by atoms with van der Waals surface area (Å²) in [6.45, 7) is 3.51. The molecule has 13 heteroatoms. The van der Waals surface area contributed by atoms with Gasteiger partial charge in [0.25, 0.3) is 11.8 Å². The van der Waals surface area contributed by atoms with Gasteiger partial charge in [-0.25, -0.2) is 0 Å². The molecule has 0 radical (unpaired) electrons. The summed E-state index contributed by atoms with van der Waals surface area (Å²) in [5.41, 5.74) is -2.07. The van der Waals surface area contributed by atoms with Gasteiger partial charge in [0.15, 0.2) is 0 Å². The van der Waals surface area contributed by atoms with Gasteiger partial charge in [-0.2, -0.15) is 26.3 Å². The van der Waals surface area contributed by atoms with Crippen molar-refractivity contribution in [3.05, 3.63) is 82.9 Å². The summed E-state index contributed by atoms with van der Waals surface area (Å²) in [4.78, 5) is 32.5. The van der Waals surface area contributed by atoms with E-state index in [0.717, 1.165) is 24.3 Å². The number of hydrogen-bond donors (Lipinski definition) is 1. The van der Waals surface area contributed by atoms with Crippen molar-refractivity contribution in [2.45, 2.75) is 25.2 Å². The van der Waals surface area contributed by atoms with Gasteiger partial charge in [0.05, 0.1) is 29.5 Å². The third-order valence-corrected chi connectivity index (χ3v) is 7.77. The third-order valence-electron chi connectivity index (χ3n) is 7.77. The standard InChI is InChI=1S/C31H30F6N4O3/c1-44-27-7-3-2-6-26(27)40-14-12-39(13-15-40)25-9-8-23(19-24(25)29(43)41-10-4-5-11-41)38-28(42)20-16-21(30(32,33)34)18-22(17-20)31(35,36)37/h2-3,6-9,16-19H,4-5,10-15H2,1H3,(H,38,42). The highest BCUT2D eigenvalue weighted by Gasteiger charge is 2.37. The fourth-order valence-corrected chi connectivity index (χ4v) is 5.52. The van der Waals surface area contributed by atoms with Gasteiger partial charge >= 0.3 is 12.4 Å². The number of alkyl halides is 6. The van der Waals surface area contributed by atoms with Crippen LogP contribution in [0.5, 0.6) is 5.75 Å². The summed E-state index contributed by atoms with van der Waals surface area (Å²) in [5.74, 6) is -0.687. The minimum atomic E-state index is -5.09. The van der Waals surface area contributed by atoms with Crippen molar-refractivity contribution < 1.29 is 40.7 Å². The number of amides is 2. The van der Waals surface area contributed by atoms with Crippen LogP contribution in [0.3, 0.4) is 0 Å². The van der Waals surface area contributed by atoms with E-state index in [1.165, 1.54) is 12.1 Å². The summed E-state index contributed by atoms with van der Waals surface area (Å²) in [6, 6.07) is 12.9. The molecule has 2 aliphatic heterocycles. The van der Waals surface area contributed by atoms with Crippen LogP contribution < -0.4 is 19.9 Å². The Kier molecular flexibility index (Phi) is 8.66. The van der Waals surface area contributed by atoms with Crippen molar-refractivity contribution in [3.63, 3.8) is 0 Å². The molecule has 2 aliphatic rings. The molecule has 2 heterocycles. The molecular weight excluding hydrogens is 590 g/mol. The van der Waals surface area contributed by atoms with Crippen LogP contribution in [0.4, 0.5) is 43.4 Å². The van der Waals surface area contributed by atoms with Crippen LogP contribution in [0, 0.1) is 0 Å². The maximum Gasteiger partial charge on any atom is 0.416 e. The summed E-state index contributed by atoms with van der Waals surface area (Å²) in [6.07, 6.45) is -8.51. The lowest BCUT2D eigenvalue weighted by molar-refractivity contribution is -0.143. The first-order valence-electron chi connectivity index (χ1n) is 14.0. The van der Waals surface area contributed by atoms with Crippen molar-refractivity contribution in [1.82, 2.24) is 4.90 Å². The van der Waals surface area contributed by atoms with E-state index in [-0.39, 0.29) is 23.2 Å². The second-order valence-electron chi connectivity index (χ2n) is 10.6. The van der Waals surface area contributed by atoms with Crippen molar-refractivity contribution in [3.8, 4) is 5.75 Å². The van der Waals surface area contributed by atoms with Crippen molar-refractivity contribution in [2.75, 3.05) is 61.5 Å². The van der Waals surface area contributed by atoms with E-state index in [1.807, 2.05) is 29.2 Å². The minimum absolute atomic E-state index is 0.0357. The zero-order valence-corrected chi connectivity index (χ0v) is 23.8. The molecule has 2 fully saturated rings. The van der Waals surface area contributed by atoms with E-state index in [4.69, 9.17) is 4.74 Å². The fraction of sp³-hybridized carbons (Fsp3) is 0.355. The number of piperazine rings is 1. The predicted molar refractivity (Wildman–Crippen MR) is 153 cm³/mol. The molecule has 0 spiro atoms. The van der Waals surface area contributed by atoms with E-state index < -0.39 is 35.0 Å². The van der Waals surface area contributed by atoms with Crippen LogP contribution in [0.2, 0.25) is 0 Å². The summed E-state index contributed by atoms with van der Waals surface area (Å²) in [5, 5.41) is 2.39. The van der Waals surface area contributed by atoms with Crippen molar-refractivity contribution >= 4 is 28.9 Å². The van der Waals surface area contributed by atoms with Gasteiger partial charge in [0.2, 0.25) is 0 Å². The topological polar surface area (TPSA) is 65.1 Å². The van der Waals surface area contributed by atoms with Gasteiger partial charge in [0.1, 0.15) is 5.75 Å². The Morgan fingerprint density at radius 3 is 1.86 bits per heavy atom. The molecule has 1 N–H and O–H groups in total. The van der Waals surface area contributed by atoms with Crippen LogP contribution in [0.1, 0.15) is 44.7 Å². The highest BCUT2D eigenvalue weighted by atomic mass is 19.4. The second kappa shape index (κ2) is 12.3. The lowest BCUT2D eigenvalue weighted by Gasteiger charge is -2.38. The number of hydrogen-bond acceptors (Lipinski definition) is 5. The number of para-hydroxylation sites is 2. The van der Waals surface area contributed by atoms with Crippen LogP contribution in [0.15, 0.2) is 60.7 Å². The second-order valence-corrected chi connectivity index (χ2v) is 10.6. The van der Waals surface area contributed by atoms with Gasteiger partial charge in [-0.1, -0.05) is 12.1 Å². The number of nitrogens with zero attached hydrogens (tertiary/aromatic N) is 3. The summed E-state index contributed by atoms with van der Waals surface area (Å²) in [7, 11) is 1.61. The van der Waals surface area contributed by atoms with Gasteiger partial charge in [-0.15, -0.1) is 0 Å². The maximum absolute atomic E-state index is 13.6. The van der Waals surface area contributed by atoms with E-state index in [0.29, 0.717) is 57.1 Å². The summed E-state index contributed by atoms with van der Waals surface area (Å²) < 4.78 is 85.5. The normalized spacial score (nSPS) is 15.8. The van der Waals surface area contributed by atoms with Gasteiger partial charge in [-0.05, 0) is 61.4 Å². The molecule has 0 aromatic heterocycles. The minimum Gasteiger partial charge on any atom is -0.495 e. The maximum atomic E-state index is 13.6. The quantitative estimate of drug-likeness (QED) is 0.317. The smallest absolute Gasteiger partial charge is 0.416 e. The van der Waals surface area contributed by atoms with E-state index in [9.17, 15) is 35.9 Å². The average molecular weight is 621 g/mol. The van der Waals surface area contributed by atoms with E-state index in [1.54, 1.807) is 18.1 Å². The number of anilines is 3. The molecule has 0 aliphatic carbocycles. The van der Waals surface area contributed by atoms with E-state index in [2.05, 4.69) is 10.2 Å². The monoisotopic (exact) mass is 620 g/mol. The Morgan fingerprint density at radius 2 is 1.30 bits per heavy atom. The van der Waals surface area contributed by atoms with E-state index >= 15 is 0 Å². The SMILES string of the molecule is COc1ccccc1N1CCN(c2ccc(NC(=O)c3cc(C(F)(F)F)cc(C(F)(F)F)c3)cc2C(=O)N2CCCC2)CC1. The van der Waals surface area contributed by atoms with Crippen molar-refractivity contribution in [1.29, 1.82) is 0 Å². The zero-order valence-electron chi connectivity index (χ0n) is 23.8. The number of nitrogens with one attached hydrogen (secondary N) is 1. The molecule has 0 unspecified atom stereocenters. The number of carbonyl (C=O) groups is 2. The Bertz CT molecular complexity index is 1500.